The van der Waals surface area contributed by atoms with Crippen LogP contribution in [0.1, 0.15) is 16.9 Å². The summed E-state index contributed by atoms with van der Waals surface area (Å²) >= 11 is 1.41. The fourth-order valence-electron chi connectivity index (χ4n) is 3.34. The van der Waals surface area contributed by atoms with E-state index in [1.807, 2.05) is 30.3 Å². The third-order valence-corrected chi connectivity index (χ3v) is 7.74. The summed E-state index contributed by atoms with van der Waals surface area (Å²) in [5.74, 6) is -0.686. The largest absolute Gasteiger partial charge is 0.336 e. The van der Waals surface area contributed by atoms with Crippen molar-refractivity contribution >= 4 is 27.3 Å². The van der Waals surface area contributed by atoms with Gasteiger partial charge in [0.15, 0.2) is 0 Å². The molecule has 3 aromatic rings. The lowest BCUT2D eigenvalue weighted by molar-refractivity contribution is 0.0759. The van der Waals surface area contributed by atoms with Crippen molar-refractivity contribution in [3.8, 4) is 10.6 Å². The number of carbonyl (C=O) groups is 1. The predicted molar refractivity (Wildman–Crippen MR) is 113 cm³/mol. The van der Waals surface area contributed by atoms with E-state index in [0.717, 1.165) is 22.7 Å². The Morgan fingerprint density at radius 3 is 2.43 bits per heavy atom. The monoisotopic (exact) mass is 445 g/mol. The van der Waals surface area contributed by atoms with E-state index < -0.39 is 15.8 Å². The summed E-state index contributed by atoms with van der Waals surface area (Å²) in [6.07, 6.45) is 0.516. The molecule has 2 heterocycles. The maximum atomic E-state index is 13.1. The first-order valence-corrected chi connectivity index (χ1v) is 11.8. The average Bonchev–Trinajstić information content (AvgIpc) is 3.11. The Morgan fingerprint density at radius 2 is 1.70 bits per heavy atom. The Hall–Kier alpha value is -2.62. The van der Waals surface area contributed by atoms with Gasteiger partial charge in [0.1, 0.15) is 16.5 Å². The minimum absolute atomic E-state index is 0.0516. The van der Waals surface area contributed by atoms with Gasteiger partial charge in [-0.1, -0.05) is 30.3 Å². The molecule has 1 aromatic heterocycles. The molecule has 0 atom stereocenters. The summed E-state index contributed by atoms with van der Waals surface area (Å²) in [5, 5.41) is 2.51. The maximum Gasteiger partial charge on any atom is 0.273 e. The van der Waals surface area contributed by atoms with Crippen molar-refractivity contribution in [1.29, 1.82) is 0 Å². The number of carbonyl (C=O) groups excluding carboxylic acids is 1. The van der Waals surface area contributed by atoms with Gasteiger partial charge in [0.2, 0.25) is 10.0 Å². The SMILES string of the molecule is O=C(c1csc(-c2ccccc2)n1)N1CCCN(S(=O)(=O)c2ccc(F)cc2)CC1. The van der Waals surface area contributed by atoms with E-state index in [9.17, 15) is 17.6 Å². The Bertz CT molecular complexity index is 1130. The topological polar surface area (TPSA) is 70.6 Å². The van der Waals surface area contributed by atoms with Gasteiger partial charge < -0.3 is 4.90 Å². The first kappa shape index (κ1) is 20.6. The van der Waals surface area contributed by atoms with Gasteiger partial charge in [-0.05, 0) is 30.7 Å². The van der Waals surface area contributed by atoms with E-state index in [1.165, 1.54) is 27.8 Å². The highest BCUT2D eigenvalue weighted by atomic mass is 32.2. The molecular weight excluding hydrogens is 425 g/mol. The van der Waals surface area contributed by atoms with Crippen LogP contribution in [-0.4, -0.2) is 54.7 Å². The second kappa shape index (κ2) is 8.63. The normalized spacial score (nSPS) is 15.7. The molecule has 0 bridgehead atoms. The fraction of sp³-hybridized carbons (Fsp3) is 0.238. The van der Waals surface area contributed by atoms with E-state index in [4.69, 9.17) is 0 Å². The molecule has 6 nitrogen and oxygen atoms in total. The van der Waals surface area contributed by atoms with Crippen molar-refractivity contribution in [3.63, 3.8) is 0 Å². The number of hydrogen-bond acceptors (Lipinski definition) is 5. The van der Waals surface area contributed by atoms with E-state index in [2.05, 4.69) is 4.98 Å². The molecule has 1 fully saturated rings. The Balaban J connectivity index is 1.46. The minimum Gasteiger partial charge on any atom is -0.336 e. The highest BCUT2D eigenvalue weighted by molar-refractivity contribution is 7.89. The van der Waals surface area contributed by atoms with Crippen molar-refractivity contribution < 1.29 is 17.6 Å². The zero-order chi connectivity index (χ0) is 21.1. The summed E-state index contributed by atoms with van der Waals surface area (Å²) in [6, 6.07) is 14.4. The molecule has 0 radical (unpaired) electrons. The number of aromatic nitrogens is 1. The number of amides is 1. The Labute approximate surface area is 178 Å². The summed E-state index contributed by atoms with van der Waals surface area (Å²) in [7, 11) is -3.73. The standard InChI is InChI=1S/C21H20FN3O3S2/c22-17-7-9-18(10-8-17)30(27,28)25-12-4-11-24(13-14-25)21(26)19-15-29-20(23-19)16-5-2-1-3-6-16/h1-3,5-10,15H,4,11-14H2. The molecule has 1 saturated heterocycles. The number of rotatable bonds is 4. The fourth-order valence-corrected chi connectivity index (χ4v) is 5.61. The van der Waals surface area contributed by atoms with Crippen LogP contribution in [0.15, 0.2) is 64.9 Å². The van der Waals surface area contributed by atoms with Gasteiger partial charge in [-0.25, -0.2) is 17.8 Å². The van der Waals surface area contributed by atoms with E-state index in [1.54, 1.807) is 10.3 Å². The number of hydrogen-bond donors (Lipinski definition) is 0. The Kier molecular flexibility index (Phi) is 5.94. The third-order valence-electron chi connectivity index (χ3n) is 4.94. The molecule has 4 rings (SSSR count). The second-order valence-electron chi connectivity index (χ2n) is 6.91. The molecule has 0 unspecified atom stereocenters. The van der Waals surface area contributed by atoms with Gasteiger partial charge in [-0.3, -0.25) is 4.79 Å². The van der Waals surface area contributed by atoms with Crippen LogP contribution in [0.3, 0.4) is 0 Å². The van der Waals surface area contributed by atoms with E-state index >= 15 is 0 Å². The van der Waals surface area contributed by atoms with Crippen LogP contribution >= 0.6 is 11.3 Å². The molecule has 1 aliphatic rings. The number of halogens is 1. The highest BCUT2D eigenvalue weighted by Gasteiger charge is 2.29. The van der Waals surface area contributed by atoms with Crippen molar-refractivity contribution in [3.05, 3.63) is 71.5 Å². The van der Waals surface area contributed by atoms with Crippen molar-refractivity contribution in [2.24, 2.45) is 0 Å². The van der Waals surface area contributed by atoms with Crippen LogP contribution in [0.25, 0.3) is 10.6 Å². The smallest absolute Gasteiger partial charge is 0.273 e. The van der Waals surface area contributed by atoms with Gasteiger partial charge in [0, 0.05) is 37.1 Å². The van der Waals surface area contributed by atoms with E-state index in [0.29, 0.717) is 25.2 Å². The van der Waals surface area contributed by atoms with Crippen LogP contribution in [0.5, 0.6) is 0 Å². The van der Waals surface area contributed by atoms with Crippen LogP contribution in [-0.2, 0) is 10.0 Å². The van der Waals surface area contributed by atoms with Crippen LogP contribution < -0.4 is 0 Å². The summed E-state index contributed by atoms with van der Waals surface area (Å²) in [5.41, 5.74) is 1.32. The van der Waals surface area contributed by atoms with Gasteiger partial charge in [-0.15, -0.1) is 11.3 Å². The number of thiazole rings is 1. The second-order valence-corrected chi connectivity index (χ2v) is 9.70. The quantitative estimate of drug-likeness (QED) is 0.617. The van der Waals surface area contributed by atoms with Crippen molar-refractivity contribution in [2.75, 3.05) is 26.2 Å². The van der Waals surface area contributed by atoms with Crippen molar-refractivity contribution in [2.45, 2.75) is 11.3 Å². The number of benzene rings is 2. The van der Waals surface area contributed by atoms with Gasteiger partial charge in [0.25, 0.3) is 5.91 Å². The zero-order valence-electron chi connectivity index (χ0n) is 16.1. The summed E-state index contributed by atoms with van der Waals surface area (Å²) in [4.78, 5) is 19.1. The summed E-state index contributed by atoms with van der Waals surface area (Å²) in [6.45, 7) is 1.21. The molecule has 9 heteroatoms. The first-order chi connectivity index (χ1) is 14.4. The predicted octanol–water partition coefficient (Wildman–Crippen LogP) is 3.49. The van der Waals surface area contributed by atoms with Gasteiger partial charge >= 0.3 is 0 Å². The number of sulfonamides is 1. The number of nitrogens with zero attached hydrogens (tertiary/aromatic N) is 3. The Morgan fingerprint density at radius 1 is 0.967 bits per heavy atom. The molecule has 2 aromatic carbocycles. The van der Waals surface area contributed by atoms with E-state index in [-0.39, 0.29) is 23.9 Å². The first-order valence-electron chi connectivity index (χ1n) is 9.51. The molecule has 0 N–H and O–H groups in total. The molecular formula is C21H20FN3O3S2. The van der Waals surface area contributed by atoms with Gasteiger partial charge in [-0.2, -0.15) is 4.31 Å². The maximum absolute atomic E-state index is 13.1. The van der Waals surface area contributed by atoms with Crippen LogP contribution in [0, 0.1) is 5.82 Å². The lowest BCUT2D eigenvalue weighted by atomic mass is 10.2. The van der Waals surface area contributed by atoms with Crippen LogP contribution in [0.2, 0.25) is 0 Å². The van der Waals surface area contributed by atoms with Gasteiger partial charge in [0.05, 0.1) is 4.90 Å². The molecule has 1 amide bonds. The lowest BCUT2D eigenvalue weighted by Gasteiger charge is -2.21. The zero-order valence-corrected chi connectivity index (χ0v) is 17.7. The molecule has 1 aliphatic heterocycles. The summed E-state index contributed by atoms with van der Waals surface area (Å²) < 4.78 is 40.2. The molecule has 30 heavy (non-hydrogen) atoms. The molecule has 0 spiro atoms. The highest BCUT2D eigenvalue weighted by Crippen LogP contribution is 2.24. The molecule has 0 saturated carbocycles. The minimum atomic E-state index is -3.73. The van der Waals surface area contributed by atoms with Crippen molar-refractivity contribution in [1.82, 2.24) is 14.2 Å². The lowest BCUT2D eigenvalue weighted by Crippen LogP contribution is -2.37. The van der Waals surface area contributed by atoms with Crippen LogP contribution in [0.4, 0.5) is 4.39 Å². The average molecular weight is 446 g/mol. The third kappa shape index (κ3) is 4.28. The molecule has 156 valence electrons. The molecule has 0 aliphatic carbocycles.